The Kier molecular flexibility index (Phi) is 3.21. The molecule has 3 aliphatic rings. The molecule has 0 aromatic heterocycles. The first-order valence-corrected chi connectivity index (χ1v) is 7.24. The SMILES string of the molecule is CN1CC2C(CNCC3CCCCC3)C2C1. The number of likely N-dealkylation sites (tertiary alicyclic amines) is 1. The molecule has 0 amide bonds. The maximum atomic E-state index is 3.74. The van der Waals surface area contributed by atoms with Crippen molar-refractivity contribution in [1.82, 2.24) is 10.2 Å². The molecule has 92 valence electrons. The summed E-state index contributed by atoms with van der Waals surface area (Å²) < 4.78 is 0. The zero-order chi connectivity index (χ0) is 11.0. The van der Waals surface area contributed by atoms with Crippen molar-refractivity contribution < 1.29 is 0 Å². The van der Waals surface area contributed by atoms with Gasteiger partial charge in [0.2, 0.25) is 0 Å². The van der Waals surface area contributed by atoms with Crippen molar-refractivity contribution in [1.29, 1.82) is 0 Å². The molecule has 1 aliphatic heterocycles. The van der Waals surface area contributed by atoms with Crippen molar-refractivity contribution in [3.63, 3.8) is 0 Å². The third-order valence-electron chi connectivity index (χ3n) is 5.09. The summed E-state index contributed by atoms with van der Waals surface area (Å²) in [6.45, 7) is 5.33. The van der Waals surface area contributed by atoms with Crippen molar-refractivity contribution in [3.05, 3.63) is 0 Å². The van der Waals surface area contributed by atoms with Gasteiger partial charge in [-0.1, -0.05) is 19.3 Å². The van der Waals surface area contributed by atoms with Gasteiger partial charge in [0, 0.05) is 13.1 Å². The Bertz CT molecular complexity index is 223. The molecule has 0 aromatic rings. The first-order valence-electron chi connectivity index (χ1n) is 7.24. The molecule has 0 aromatic carbocycles. The minimum atomic E-state index is 0.995. The molecular formula is C14H26N2. The molecule has 16 heavy (non-hydrogen) atoms. The van der Waals surface area contributed by atoms with E-state index in [0.29, 0.717) is 0 Å². The lowest BCUT2D eigenvalue weighted by atomic mass is 9.89. The van der Waals surface area contributed by atoms with E-state index in [1.54, 1.807) is 0 Å². The topological polar surface area (TPSA) is 15.3 Å². The molecule has 3 rings (SSSR count). The molecule has 1 N–H and O–H groups in total. The van der Waals surface area contributed by atoms with Gasteiger partial charge in [0.25, 0.3) is 0 Å². The van der Waals surface area contributed by atoms with Gasteiger partial charge in [-0.3, -0.25) is 0 Å². The molecule has 2 atom stereocenters. The normalized spacial score (nSPS) is 39.9. The fourth-order valence-electron chi connectivity index (χ4n) is 4.01. The van der Waals surface area contributed by atoms with Crippen LogP contribution in [0.15, 0.2) is 0 Å². The molecule has 2 aliphatic carbocycles. The second kappa shape index (κ2) is 4.66. The summed E-state index contributed by atoms with van der Waals surface area (Å²) in [7, 11) is 2.26. The first-order chi connectivity index (χ1) is 7.84. The van der Waals surface area contributed by atoms with Crippen LogP contribution >= 0.6 is 0 Å². The molecule has 1 saturated heterocycles. The van der Waals surface area contributed by atoms with Gasteiger partial charge in [0.15, 0.2) is 0 Å². The molecule has 2 heteroatoms. The van der Waals surface area contributed by atoms with Gasteiger partial charge >= 0.3 is 0 Å². The quantitative estimate of drug-likeness (QED) is 0.782. The molecule has 2 nitrogen and oxygen atoms in total. The minimum Gasteiger partial charge on any atom is -0.316 e. The predicted octanol–water partition coefficient (Wildman–Crippen LogP) is 1.96. The third-order valence-corrected chi connectivity index (χ3v) is 5.09. The molecule has 3 fully saturated rings. The van der Waals surface area contributed by atoms with Crippen LogP contribution in [0.5, 0.6) is 0 Å². The van der Waals surface area contributed by atoms with E-state index in [1.165, 1.54) is 58.3 Å². The first kappa shape index (κ1) is 11.0. The second-order valence-corrected chi connectivity index (χ2v) is 6.38. The molecule has 0 spiro atoms. The van der Waals surface area contributed by atoms with Gasteiger partial charge in [0.1, 0.15) is 0 Å². The summed E-state index contributed by atoms with van der Waals surface area (Å²) in [5.41, 5.74) is 0. The average Bonchev–Trinajstić information content (AvgIpc) is 2.77. The van der Waals surface area contributed by atoms with Crippen LogP contribution in [0.2, 0.25) is 0 Å². The van der Waals surface area contributed by atoms with Crippen molar-refractivity contribution in [2.75, 3.05) is 33.2 Å². The van der Waals surface area contributed by atoms with Crippen molar-refractivity contribution in [3.8, 4) is 0 Å². The fourth-order valence-corrected chi connectivity index (χ4v) is 4.01. The van der Waals surface area contributed by atoms with E-state index in [4.69, 9.17) is 0 Å². The summed E-state index contributed by atoms with van der Waals surface area (Å²) in [5.74, 6) is 4.11. The summed E-state index contributed by atoms with van der Waals surface area (Å²) in [4.78, 5) is 2.49. The van der Waals surface area contributed by atoms with Crippen LogP contribution in [-0.4, -0.2) is 38.1 Å². The highest BCUT2D eigenvalue weighted by Gasteiger charge is 2.53. The van der Waals surface area contributed by atoms with Crippen molar-refractivity contribution >= 4 is 0 Å². The number of nitrogens with one attached hydrogen (secondary N) is 1. The summed E-state index contributed by atoms with van der Waals surface area (Å²) in [5, 5.41) is 3.74. The van der Waals surface area contributed by atoms with Gasteiger partial charge in [0.05, 0.1) is 0 Å². The highest BCUT2D eigenvalue weighted by atomic mass is 15.2. The Hall–Kier alpha value is -0.0800. The number of fused-ring (bicyclic) bond motifs is 1. The predicted molar refractivity (Wildman–Crippen MR) is 67.4 cm³/mol. The fraction of sp³-hybridized carbons (Fsp3) is 1.00. The molecule has 0 bridgehead atoms. The largest absolute Gasteiger partial charge is 0.316 e. The van der Waals surface area contributed by atoms with Crippen LogP contribution in [0.3, 0.4) is 0 Å². The summed E-state index contributed by atoms with van der Waals surface area (Å²) >= 11 is 0. The Morgan fingerprint density at radius 2 is 1.69 bits per heavy atom. The zero-order valence-electron chi connectivity index (χ0n) is 10.6. The van der Waals surface area contributed by atoms with Crippen LogP contribution in [0.4, 0.5) is 0 Å². The van der Waals surface area contributed by atoms with Crippen LogP contribution in [0.1, 0.15) is 32.1 Å². The molecule has 2 unspecified atom stereocenters. The zero-order valence-corrected chi connectivity index (χ0v) is 10.6. The van der Waals surface area contributed by atoms with Crippen LogP contribution in [0.25, 0.3) is 0 Å². The van der Waals surface area contributed by atoms with Gasteiger partial charge in [-0.25, -0.2) is 0 Å². The highest BCUT2D eigenvalue weighted by molar-refractivity contribution is 5.05. The Balaban J connectivity index is 1.30. The van der Waals surface area contributed by atoms with E-state index in [-0.39, 0.29) is 0 Å². The van der Waals surface area contributed by atoms with Gasteiger partial charge in [-0.05, 0) is 56.7 Å². The molecular weight excluding hydrogens is 196 g/mol. The van der Waals surface area contributed by atoms with Crippen LogP contribution in [0, 0.1) is 23.7 Å². The number of rotatable bonds is 4. The van der Waals surface area contributed by atoms with E-state index in [0.717, 1.165) is 23.7 Å². The Morgan fingerprint density at radius 3 is 2.38 bits per heavy atom. The Labute approximate surface area is 99.8 Å². The van der Waals surface area contributed by atoms with E-state index < -0.39 is 0 Å². The van der Waals surface area contributed by atoms with Gasteiger partial charge in [-0.15, -0.1) is 0 Å². The van der Waals surface area contributed by atoms with Gasteiger partial charge < -0.3 is 10.2 Å². The number of nitrogens with zero attached hydrogens (tertiary/aromatic N) is 1. The lowest BCUT2D eigenvalue weighted by molar-refractivity contribution is 0.319. The molecule has 1 heterocycles. The van der Waals surface area contributed by atoms with Gasteiger partial charge in [-0.2, -0.15) is 0 Å². The van der Waals surface area contributed by atoms with E-state index in [9.17, 15) is 0 Å². The van der Waals surface area contributed by atoms with Crippen molar-refractivity contribution in [2.24, 2.45) is 23.7 Å². The molecule has 2 saturated carbocycles. The lowest BCUT2D eigenvalue weighted by Crippen LogP contribution is -2.29. The summed E-state index contributed by atoms with van der Waals surface area (Å²) in [6, 6.07) is 0. The van der Waals surface area contributed by atoms with E-state index in [2.05, 4.69) is 17.3 Å². The smallest absolute Gasteiger partial charge is 0.00132 e. The monoisotopic (exact) mass is 222 g/mol. The van der Waals surface area contributed by atoms with Crippen LogP contribution < -0.4 is 5.32 Å². The van der Waals surface area contributed by atoms with Crippen LogP contribution in [-0.2, 0) is 0 Å². The number of piperidine rings is 1. The summed E-state index contributed by atoms with van der Waals surface area (Å²) in [6.07, 6.45) is 7.40. The van der Waals surface area contributed by atoms with E-state index in [1.807, 2.05) is 0 Å². The third kappa shape index (κ3) is 2.28. The second-order valence-electron chi connectivity index (χ2n) is 6.38. The van der Waals surface area contributed by atoms with E-state index >= 15 is 0 Å². The average molecular weight is 222 g/mol. The maximum absolute atomic E-state index is 3.74. The molecule has 0 radical (unpaired) electrons. The number of hydrogen-bond donors (Lipinski definition) is 1. The Morgan fingerprint density at radius 1 is 1.00 bits per heavy atom. The maximum Gasteiger partial charge on any atom is 0.00132 e. The highest BCUT2D eigenvalue weighted by Crippen LogP contribution is 2.50. The minimum absolute atomic E-state index is 0.995. The lowest BCUT2D eigenvalue weighted by Gasteiger charge is -2.22. The van der Waals surface area contributed by atoms with Crippen molar-refractivity contribution in [2.45, 2.75) is 32.1 Å². The standard InChI is InChI=1S/C14H26N2/c1-16-9-13-12(14(13)10-16)8-15-7-11-5-3-2-4-6-11/h11-15H,2-10H2,1H3. The number of hydrogen-bond acceptors (Lipinski definition) is 2.